The van der Waals surface area contributed by atoms with Gasteiger partial charge in [0, 0.05) is 23.5 Å². The summed E-state index contributed by atoms with van der Waals surface area (Å²) >= 11 is 8.28. The number of ether oxygens (including phenoxy) is 1. The lowest BCUT2D eigenvalue weighted by Gasteiger charge is -2.19. The molecule has 4 nitrogen and oxygen atoms in total. The molecule has 6 heteroatoms. The molecule has 0 fully saturated rings. The van der Waals surface area contributed by atoms with Crippen LogP contribution < -0.4 is 10.1 Å². The molecule has 1 aliphatic heterocycles. The quantitative estimate of drug-likeness (QED) is 0.171. The van der Waals surface area contributed by atoms with Crippen LogP contribution in [0.25, 0.3) is 0 Å². The van der Waals surface area contributed by atoms with E-state index in [1.165, 1.54) is 81.9 Å². The molecule has 1 amide bonds. The lowest BCUT2D eigenvalue weighted by Crippen LogP contribution is -2.18. The molecule has 3 rings (SSSR count). The van der Waals surface area contributed by atoms with E-state index in [2.05, 4.69) is 41.6 Å². The molecule has 1 heterocycles. The minimum atomic E-state index is -0.0718. The maximum absolute atomic E-state index is 12.9. The van der Waals surface area contributed by atoms with Gasteiger partial charge in [-0.1, -0.05) is 113 Å². The molecule has 0 atom stereocenters. The van der Waals surface area contributed by atoms with Crippen LogP contribution in [0, 0.1) is 0 Å². The largest absolute Gasteiger partial charge is 0.492 e. The van der Waals surface area contributed by atoms with Crippen molar-refractivity contribution in [3.05, 3.63) is 69.7 Å². The van der Waals surface area contributed by atoms with Crippen molar-refractivity contribution in [2.45, 2.75) is 104 Å². The first-order valence-corrected chi connectivity index (χ1v) is 16.3. The Bertz CT molecular complexity index is 1040. The Morgan fingerprint density at radius 3 is 2.28 bits per heavy atom. The number of benzene rings is 2. The number of anilines is 1. The molecule has 0 spiro atoms. The summed E-state index contributed by atoms with van der Waals surface area (Å²) in [5.74, 6) is 1.54. The molecule has 0 aliphatic carbocycles. The fraction of sp³-hybridized carbons (Fsp3) is 0.545. The normalized spacial score (nSPS) is 13.0. The molecule has 0 saturated heterocycles. The van der Waals surface area contributed by atoms with Crippen molar-refractivity contribution in [1.82, 2.24) is 4.90 Å². The summed E-state index contributed by atoms with van der Waals surface area (Å²) in [5, 5.41) is 5.81. The zero-order chi connectivity index (χ0) is 27.7. The molecule has 214 valence electrons. The second kappa shape index (κ2) is 18.3. The van der Waals surface area contributed by atoms with E-state index >= 15 is 0 Å². The van der Waals surface area contributed by atoms with Crippen molar-refractivity contribution < 1.29 is 9.53 Å². The number of nitrogens with one attached hydrogen (secondary N) is 1. The van der Waals surface area contributed by atoms with Crippen molar-refractivity contribution in [3.8, 4) is 5.75 Å². The number of unbranched alkanes of at least 4 members (excludes halogenated alkanes) is 11. The molecular weight excluding hydrogens is 524 g/mol. The van der Waals surface area contributed by atoms with Crippen LogP contribution in [0.2, 0.25) is 5.02 Å². The Morgan fingerprint density at radius 2 is 1.62 bits per heavy atom. The van der Waals surface area contributed by atoms with Gasteiger partial charge in [0.1, 0.15) is 5.75 Å². The molecule has 0 bridgehead atoms. The molecule has 1 N–H and O–H groups in total. The SMILES string of the molecule is CCCCCCCCCCCCCCOc1c(Cl)cccc1CC(=O)Nc1cccc(CN2CSC=C2C)c1. The zero-order valence-corrected chi connectivity index (χ0v) is 25.6. The van der Waals surface area contributed by atoms with E-state index in [-0.39, 0.29) is 12.3 Å². The van der Waals surface area contributed by atoms with Gasteiger partial charge in [0.05, 0.1) is 23.9 Å². The Hall–Kier alpha value is -2.11. The van der Waals surface area contributed by atoms with Gasteiger partial charge < -0.3 is 15.0 Å². The summed E-state index contributed by atoms with van der Waals surface area (Å²) in [4.78, 5) is 15.2. The summed E-state index contributed by atoms with van der Waals surface area (Å²) in [7, 11) is 0. The molecule has 0 aromatic heterocycles. The van der Waals surface area contributed by atoms with Crippen molar-refractivity contribution in [2.75, 3.05) is 17.8 Å². The fourth-order valence-electron chi connectivity index (χ4n) is 4.91. The average molecular weight is 571 g/mol. The maximum atomic E-state index is 12.9. The number of halogens is 1. The van der Waals surface area contributed by atoms with Gasteiger partial charge in [-0.15, -0.1) is 11.8 Å². The van der Waals surface area contributed by atoms with Crippen LogP contribution in [0.3, 0.4) is 0 Å². The maximum Gasteiger partial charge on any atom is 0.228 e. The summed E-state index contributed by atoms with van der Waals surface area (Å²) in [6, 6.07) is 13.7. The summed E-state index contributed by atoms with van der Waals surface area (Å²) in [5.41, 5.74) is 4.10. The van der Waals surface area contributed by atoms with E-state index in [1.54, 1.807) is 0 Å². The third-order valence-corrected chi connectivity index (χ3v) is 8.48. The molecule has 0 radical (unpaired) electrons. The highest BCUT2D eigenvalue weighted by Gasteiger charge is 2.14. The standard InChI is InChI=1S/C33H47ClN2O2S/c1-3-4-5-6-7-8-9-10-11-12-13-14-21-38-33-29(18-16-20-31(33)34)23-32(37)35-30-19-15-17-28(22-30)24-36-26-39-25-27(36)2/h15-20,22,25H,3-14,21,23-24,26H2,1-2H3,(H,35,37). The Kier molecular flexibility index (Phi) is 14.7. The van der Waals surface area contributed by atoms with E-state index < -0.39 is 0 Å². The zero-order valence-electron chi connectivity index (χ0n) is 24.0. The van der Waals surface area contributed by atoms with Crippen LogP contribution in [-0.2, 0) is 17.8 Å². The van der Waals surface area contributed by atoms with E-state index in [9.17, 15) is 4.79 Å². The van der Waals surface area contributed by atoms with Crippen LogP contribution in [0.5, 0.6) is 5.75 Å². The van der Waals surface area contributed by atoms with Crippen LogP contribution in [0.15, 0.2) is 53.6 Å². The molecule has 0 saturated carbocycles. The van der Waals surface area contributed by atoms with Crippen molar-refractivity contribution in [1.29, 1.82) is 0 Å². The summed E-state index contributed by atoms with van der Waals surface area (Å²) in [6.45, 7) is 5.87. The fourth-order valence-corrected chi connectivity index (χ4v) is 6.10. The first-order chi connectivity index (χ1) is 19.1. The monoisotopic (exact) mass is 570 g/mol. The minimum absolute atomic E-state index is 0.0718. The minimum Gasteiger partial charge on any atom is -0.492 e. The number of allylic oxidation sites excluding steroid dienone is 1. The molecule has 2 aromatic carbocycles. The molecule has 2 aromatic rings. The average Bonchev–Trinajstić information content (AvgIpc) is 3.32. The first kappa shape index (κ1) is 31.4. The number of carbonyl (C=O) groups excluding carboxylic acids is 1. The number of rotatable bonds is 19. The van der Waals surface area contributed by atoms with Crippen LogP contribution >= 0.6 is 23.4 Å². The van der Waals surface area contributed by atoms with Crippen molar-refractivity contribution >= 4 is 35.0 Å². The van der Waals surface area contributed by atoms with Crippen LogP contribution in [-0.4, -0.2) is 23.3 Å². The number of hydrogen-bond donors (Lipinski definition) is 1. The number of para-hydroxylation sites is 1. The number of thioether (sulfide) groups is 1. The topological polar surface area (TPSA) is 41.6 Å². The molecule has 39 heavy (non-hydrogen) atoms. The van der Waals surface area contributed by atoms with E-state index in [0.717, 1.165) is 30.1 Å². The number of hydrogen-bond acceptors (Lipinski definition) is 4. The highest BCUT2D eigenvalue weighted by Crippen LogP contribution is 2.30. The van der Waals surface area contributed by atoms with Crippen LogP contribution in [0.4, 0.5) is 5.69 Å². The third kappa shape index (κ3) is 11.9. The first-order valence-electron chi connectivity index (χ1n) is 14.9. The van der Waals surface area contributed by atoms with Crippen molar-refractivity contribution in [3.63, 3.8) is 0 Å². The number of carbonyl (C=O) groups is 1. The highest BCUT2D eigenvalue weighted by molar-refractivity contribution is 8.02. The second-order valence-corrected chi connectivity index (χ2v) is 11.9. The molecular formula is C33H47ClN2O2S. The predicted octanol–water partition coefficient (Wildman–Crippen LogP) is 9.97. The molecule has 1 aliphatic rings. The third-order valence-electron chi connectivity index (χ3n) is 7.21. The summed E-state index contributed by atoms with van der Waals surface area (Å²) < 4.78 is 6.09. The smallest absolute Gasteiger partial charge is 0.228 e. The van der Waals surface area contributed by atoms with Gasteiger partial charge in [0.2, 0.25) is 5.91 Å². The number of nitrogens with zero attached hydrogens (tertiary/aromatic N) is 1. The van der Waals surface area contributed by atoms with Gasteiger partial charge in [0.15, 0.2) is 0 Å². The second-order valence-electron chi connectivity index (χ2n) is 10.6. The van der Waals surface area contributed by atoms with Gasteiger partial charge in [-0.05, 0) is 42.5 Å². The van der Waals surface area contributed by atoms with E-state index in [0.29, 0.717) is 17.4 Å². The Labute approximate surface area is 245 Å². The van der Waals surface area contributed by atoms with E-state index in [4.69, 9.17) is 16.3 Å². The molecule has 0 unspecified atom stereocenters. The Balaban J connectivity index is 1.36. The van der Waals surface area contributed by atoms with E-state index in [1.807, 2.05) is 42.1 Å². The van der Waals surface area contributed by atoms with Gasteiger partial charge in [-0.3, -0.25) is 4.79 Å². The predicted molar refractivity (Wildman–Crippen MR) is 169 cm³/mol. The lowest BCUT2D eigenvalue weighted by molar-refractivity contribution is -0.115. The van der Waals surface area contributed by atoms with Gasteiger partial charge >= 0.3 is 0 Å². The Morgan fingerprint density at radius 1 is 0.949 bits per heavy atom. The number of amides is 1. The summed E-state index contributed by atoms with van der Waals surface area (Å²) in [6.07, 6.45) is 16.0. The van der Waals surface area contributed by atoms with Gasteiger partial charge in [-0.25, -0.2) is 0 Å². The van der Waals surface area contributed by atoms with Gasteiger partial charge in [0.25, 0.3) is 0 Å². The van der Waals surface area contributed by atoms with Crippen LogP contribution in [0.1, 0.15) is 102 Å². The van der Waals surface area contributed by atoms with Gasteiger partial charge in [-0.2, -0.15) is 0 Å². The highest BCUT2D eigenvalue weighted by atomic mass is 35.5. The van der Waals surface area contributed by atoms with Crippen molar-refractivity contribution in [2.24, 2.45) is 0 Å². The lowest BCUT2D eigenvalue weighted by atomic mass is 10.1.